The first-order valence-corrected chi connectivity index (χ1v) is 6.79. The highest BCUT2D eigenvalue weighted by molar-refractivity contribution is 9.10. The van der Waals surface area contributed by atoms with Gasteiger partial charge in [0.15, 0.2) is 0 Å². The zero-order chi connectivity index (χ0) is 14.7. The second-order valence-corrected chi connectivity index (χ2v) is 4.95. The number of nitrogens with zero attached hydrogens (tertiary/aromatic N) is 2. The quantitative estimate of drug-likeness (QED) is 0.824. The number of hydrogen-bond acceptors (Lipinski definition) is 4. The minimum absolute atomic E-state index is 0.0231. The Hall–Kier alpha value is -1.76. The van der Waals surface area contributed by atoms with Gasteiger partial charge >= 0.3 is 0 Å². The molecule has 0 aliphatic rings. The van der Waals surface area contributed by atoms with Gasteiger partial charge in [-0.25, -0.2) is 18.7 Å². The van der Waals surface area contributed by atoms with E-state index in [0.717, 1.165) is 17.7 Å². The van der Waals surface area contributed by atoms with E-state index >= 15 is 0 Å². The zero-order valence-corrected chi connectivity index (χ0v) is 12.6. The highest BCUT2D eigenvalue weighted by Crippen LogP contribution is 2.27. The molecule has 0 saturated heterocycles. The van der Waals surface area contributed by atoms with Crippen molar-refractivity contribution in [3.8, 4) is 0 Å². The second kappa shape index (κ2) is 6.13. The van der Waals surface area contributed by atoms with Crippen molar-refractivity contribution in [2.45, 2.75) is 13.8 Å². The minimum Gasteiger partial charge on any atom is -0.370 e. The third-order valence-corrected chi connectivity index (χ3v) is 3.30. The summed E-state index contributed by atoms with van der Waals surface area (Å²) in [4.78, 5) is 8.13. The Morgan fingerprint density at radius 3 is 2.55 bits per heavy atom. The fourth-order valence-electron chi connectivity index (χ4n) is 1.67. The maximum atomic E-state index is 13.8. The maximum Gasteiger partial charge on any atom is 0.148 e. The van der Waals surface area contributed by atoms with Gasteiger partial charge in [0.1, 0.15) is 29.6 Å². The van der Waals surface area contributed by atoms with Crippen molar-refractivity contribution in [1.82, 2.24) is 9.97 Å². The fraction of sp³-hybridized carbons (Fsp3) is 0.231. The van der Waals surface area contributed by atoms with Crippen LogP contribution in [0.3, 0.4) is 0 Å². The predicted molar refractivity (Wildman–Crippen MR) is 78.3 cm³/mol. The van der Waals surface area contributed by atoms with E-state index < -0.39 is 11.6 Å². The van der Waals surface area contributed by atoms with E-state index in [1.54, 1.807) is 6.92 Å². The molecule has 1 heterocycles. The van der Waals surface area contributed by atoms with Gasteiger partial charge in [0, 0.05) is 18.2 Å². The Bertz CT molecular complexity index is 634. The van der Waals surface area contributed by atoms with E-state index in [1.165, 1.54) is 6.33 Å². The van der Waals surface area contributed by atoms with Crippen molar-refractivity contribution in [2.24, 2.45) is 0 Å². The lowest BCUT2D eigenvalue weighted by molar-refractivity contribution is 0.597. The van der Waals surface area contributed by atoms with Crippen LogP contribution in [-0.4, -0.2) is 16.5 Å². The summed E-state index contributed by atoms with van der Waals surface area (Å²) in [6.07, 6.45) is 1.36. The van der Waals surface area contributed by atoms with E-state index in [4.69, 9.17) is 0 Å². The molecule has 0 aliphatic heterocycles. The topological polar surface area (TPSA) is 49.8 Å². The van der Waals surface area contributed by atoms with Gasteiger partial charge in [-0.3, -0.25) is 0 Å². The lowest BCUT2D eigenvalue weighted by atomic mass is 10.2. The summed E-state index contributed by atoms with van der Waals surface area (Å²) in [5, 5.41) is 5.85. The van der Waals surface area contributed by atoms with Crippen LogP contribution in [0.25, 0.3) is 0 Å². The molecule has 106 valence electrons. The zero-order valence-electron chi connectivity index (χ0n) is 11.0. The molecule has 0 atom stereocenters. The van der Waals surface area contributed by atoms with Crippen molar-refractivity contribution in [1.29, 1.82) is 0 Å². The molecule has 0 spiro atoms. The van der Waals surface area contributed by atoms with E-state index in [1.807, 2.05) is 6.92 Å². The van der Waals surface area contributed by atoms with Crippen LogP contribution in [0.1, 0.15) is 12.5 Å². The van der Waals surface area contributed by atoms with Gasteiger partial charge in [-0.2, -0.15) is 0 Å². The van der Waals surface area contributed by atoms with E-state index in [9.17, 15) is 8.78 Å². The number of aromatic nitrogens is 2. The first-order chi connectivity index (χ1) is 9.52. The highest BCUT2D eigenvalue weighted by Gasteiger charge is 2.12. The summed E-state index contributed by atoms with van der Waals surface area (Å²) in [6, 6.07) is 2.15. The third kappa shape index (κ3) is 3.04. The fourth-order valence-corrected chi connectivity index (χ4v) is 1.98. The number of hydrogen-bond donors (Lipinski definition) is 2. The summed E-state index contributed by atoms with van der Waals surface area (Å²) >= 11 is 2.93. The molecule has 0 radical (unpaired) electrons. The second-order valence-electron chi connectivity index (χ2n) is 4.10. The van der Waals surface area contributed by atoms with Gasteiger partial charge in [-0.05, 0) is 35.8 Å². The van der Waals surface area contributed by atoms with Crippen molar-refractivity contribution in [2.75, 3.05) is 17.2 Å². The van der Waals surface area contributed by atoms with E-state index in [-0.39, 0.29) is 10.2 Å². The van der Waals surface area contributed by atoms with E-state index in [2.05, 4.69) is 36.5 Å². The van der Waals surface area contributed by atoms with Crippen molar-refractivity contribution >= 4 is 33.3 Å². The Kier molecular flexibility index (Phi) is 4.49. The number of rotatable bonds is 4. The van der Waals surface area contributed by atoms with Crippen LogP contribution < -0.4 is 10.6 Å². The lowest BCUT2D eigenvalue weighted by Gasteiger charge is -2.12. The predicted octanol–water partition coefficient (Wildman–Crippen LogP) is 4.00. The number of benzene rings is 1. The van der Waals surface area contributed by atoms with Crippen LogP contribution in [0.4, 0.5) is 26.1 Å². The first-order valence-electron chi connectivity index (χ1n) is 6.00. The molecule has 1 aromatic heterocycles. The summed E-state index contributed by atoms with van der Waals surface area (Å²) < 4.78 is 27.3. The first kappa shape index (κ1) is 14.6. The van der Waals surface area contributed by atoms with Crippen LogP contribution in [0.15, 0.2) is 22.9 Å². The van der Waals surface area contributed by atoms with Crippen LogP contribution >= 0.6 is 15.9 Å². The van der Waals surface area contributed by atoms with Crippen LogP contribution in [0, 0.1) is 18.6 Å². The molecule has 0 amide bonds. The normalized spacial score (nSPS) is 10.4. The van der Waals surface area contributed by atoms with Gasteiger partial charge in [-0.15, -0.1) is 0 Å². The van der Waals surface area contributed by atoms with Gasteiger partial charge in [-0.1, -0.05) is 0 Å². The maximum absolute atomic E-state index is 13.8. The molecule has 0 bridgehead atoms. The Labute approximate surface area is 123 Å². The summed E-state index contributed by atoms with van der Waals surface area (Å²) in [6.45, 7) is 4.45. The molecule has 0 fully saturated rings. The largest absolute Gasteiger partial charge is 0.370 e. The monoisotopic (exact) mass is 342 g/mol. The highest BCUT2D eigenvalue weighted by atomic mass is 79.9. The molecule has 2 rings (SSSR count). The summed E-state index contributed by atoms with van der Waals surface area (Å²) in [5.74, 6) is -0.0339. The molecule has 2 aromatic rings. The van der Waals surface area contributed by atoms with Crippen molar-refractivity contribution in [3.63, 3.8) is 0 Å². The van der Waals surface area contributed by atoms with Gasteiger partial charge < -0.3 is 10.6 Å². The van der Waals surface area contributed by atoms with Crippen molar-refractivity contribution in [3.05, 3.63) is 40.1 Å². The standard InChI is InChI=1S/C13H13BrF2N4/c1-3-17-12-7(2)13(19-6-18-12)20-11-5-9(15)8(14)4-10(11)16/h4-6H,3H2,1-2H3,(H2,17,18,19,20). The van der Waals surface area contributed by atoms with Gasteiger partial charge in [0.2, 0.25) is 0 Å². The smallest absolute Gasteiger partial charge is 0.148 e. The molecular formula is C13H13BrF2N4. The minimum atomic E-state index is -0.568. The molecule has 4 nitrogen and oxygen atoms in total. The number of halogens is 3. The summed E-state index contributed by atoms with van der Waals surface area (Å²) in [5.41, 5.74) is 0.757. The average molecular weight is 343 g/mol. The average Bonchev–Trinajstić information content (AvgIpc) is 2.40. The Balaban J connectivity index is 2.35. The third-order valence-electron chi connectivity index (χ3n) is 2.69. The molecule has 0 aliphatic carbocycles. The van der Waals surface area contributed by atoms with Gasteiger partial charge in [0.25, 0.3) is 0 Å². The van der Waals surface area contributed by atoms with Crippen molar-refractivity contribution < 1.29 is 8.78 Å². The summed E-state index contributed by atoms with van der Waals surface area (Å²) in [7, 11) is 0. The molecule has 7 heteroatoms. The Morgan fingerprint density at radius 2 is 1.85 bits per heavy atom. The molecule has 0 saturated carbocycles. The van der Waals surface area contributed by atoms with Crippen LogP contribution in [0.2, 0.25) is 0 Å². The number of nitrogens with one attached hydrogen (secondary N) is 2. The molecule has 1 aromatic carbocycles. The molecular weight excluding hydrogens is 330 g/mol. The van der Waals surface area contributed by atoms with Crippen LogP contribution in [-0.2, 0) is 0 Å². The molecule has 20 heavy (non-hydrogen) atoms. The Morgan fingerprint density at radius 1 is 1.15 bits per heavy atom. The van der Waals surface area contributed by atoms with Crippen LogP contribution in [0.5, 0.6) is 0 Å². The van der Waals surface area contributed by atoms with Gasteiger partial charge in [0.05, 0.1) is 10.2 Å². The lowest BCUT2D eigenvalue weighted by Crippen LogP contribution is -2.06. The SMILES string of the molecule is CCNc1ncnc(Nc2cc(F)c(Br)cc2F)c1C. The number of anilines is 3. The van der Waals surface area contributed by atoms with E-state index in [0.29, 0.717) is 18.2 Å². The molecule has 2 N–H and O–H groups in total. The molecule has 0 unspecified atom stereocenters.